The van der Waals surface area contributed by atoms with Crippen molar-refractivity contribution in [3.8, 4) is 0 Å². The van der Waals surface area contributed by atoms with Gasteiger partial charge < -0.3 is 5.32 Å². The van der Waals surface area contributed by atoms with Crippen molar-refractivity contribution in [2.45, 2.75) is 23.8 Å². The Morgan fingerprint density at radius 3 is 2.83 bits per heavy atom. The Morgan fingerprint density at radius 2 is 2.13 bits per heavy atom. The van der Waals surface area contributed by atoms with Crippen LogP contribution in [0, 0.1) is 0 Å². The maximum absolute atomic E-state index is 12.3. The molecule has 1 aliphatic carbocycles. The van der Waals surface area contributed by atoms with Gasteiger partial charge in [-0.15, -0.1) is 11.3 Å². The zero-order valence-electron chi connectivity index (χ0n) is 12.0. The van der Waals surface area contributed by atoms with Gasteiger partial charge in [-0.25, -0.2) is 17.8 Å². The smallest absolute Gasteiger partial charge is 0.263 e. The van der Waals surface area contributed by atoms with Gasteiger partial charge in [-0.05, 0) is 36.1 Å². The van der Waals surface area contributed by atoms with Crippen LogP contribution in [0.15, 0.2) is 34.7 Å². The van der Waals surface area contributed by atoms with Crippen molar-refractivity contribution >= 4 is 32.4 Å². The first-order valence-corrected chi connectivity index (χ1v) is 9.23. The van der Waals surface area contributed by atoms with Crippen LogP contribution in [0.4, 0.5) is 9.52 Å². The maximum Gasteiger partial charge on any atom is 0.263 e. The van der Waals surface area contributed by atoms with Gasteiger partial charge in [0.15, 0.2) is 11.8 Å². The number of fused-ring (bicyclic) bond motifs is 1. The lowest BCUT2D eigenvalue weighted by molar-refractivity contribution is -0.122. The second-order valence-corrected chi connectivity index (χ2v) is 7.76. The highest BCUT2D eigenvalue weighted by Crippen LogP contribution is 2.26. The summed E-state index contributed by atoms with van der Waals surface area (Å²) in [7, 11) is -3.70. The quantitative estimate of drug-likeness (QED) is 0.851. The number of hydrogen-bond donors (Lipinski definition) is 2. The molecule has 0 saturated heterocycles. The summed E-state index contributed by atoms with van der Waals surface area (Å²) in [4.78, 5) is 15.2. The highest BCUT2D eigenvalue weighted by molar-refractivity contribution is 7.93. The fourth-order valence-corrected chi connectivity index (χ4v) is 4.42. The van der Waals surface area contributed by atoms with E-state index in [1.807, 2.05) is 0 Å². The largest absolute Gasteiger partial charge is 0.350 e. The standard InChI is InChI=1S/C14H14FN3O3S2/c15-8-13(19)17-11-5-9-1-2-12(7-10(9)6-11)23(20,21)18-14-16-3-4-22-14/h1-4,7,11H,5-6,8H2,(H,16,18)(H,17,19). The van der Waals surface area contributed by atoms with E-state index in [1.165, 1.54) is 23.6 Å². The summed E-state index contributed by atoms with van der Waals surface area (Å²) in [5, 5.41) is 4.57. The highest BCUT2D eigenvalue weighted by atomic mass is 32.2. The number of anilines is 1. The van der Waals surface area contributed by atoms with Crippen molar-refractivity contribution in [2.24, 2.45) is 0 Å². The molecule has 2 N–H and O–H groups in total. The van der Waals surface area contributed by atoms with Crippen LogP contribution in [0.25, 0.3) is 0 Å². The molecule has 0 spiro atoms. The number of carbonyl (C=O) groups is 1. The molecule has 0 aliphatic heterocycles. The minimum absolute atomic E-state index is 0.143. The number of halogens is 1. The van der Waals surface area contributed by atoms with Gasteiger partial charge in [-0.2, -0.15) is 0 Å². The molecule has 1 aliphatic rings. The number of nitrogens with zero attached hydrogens (tertiary/aromatic N) is 1. The van der Waals surface area contributed by atoms with Crippen LogP contribution >= 0.6 is 11.3 Å². The molecule has 1 heterocycles. The number of aromatic nitrogens is 1. The van der Waals surface area contributed by atoms with Crippen LogP contribution in [-0.4, -0.2) is 32.0 Å². The Bertz CT molecular complexity index is 822. The molecule has 122 valence electrons. The van der Waals surface area contributed by atoms with Gasteiger partial charge in [-0.1, -0.05) is 6.07 Å². The first kappa shape index (κ1) is 15.9. The van der Waals surface area contributed by atoms with E-state index in [9.17, 15) is 17.6 Å². The fraction of sp³-hybridized carbons (Fsp3) is 0.286. The number of thiazole rings is 1. The van der Waals surface area contributed by atoms with Crippen LogP contribution in [0.5, 0.6) is 0 Å². The summed E-state index contributed by atoms with van der Waals surface area (Å²) in [5.74, 6) is -0.652. The average molecular weight is 355 g/mol. The van der Waals surface area contributed by atoms with Crippen molar-refractivity contribution in [2.75, 3.05) is 11.4 Å². The second-order valence-electron chi connectivity index (χ2n) is 5.18. The Hall–Kier alpha value is -2.00. The van der Waals surface area contributed by atoms with E-state index in [1.54, 1.807) is 17.5 Å². The lowest BCUT2D eigenvalue weighted by atomic mass is 10.1. The minimum Gasteiger partial charge on any atom is -0.350 e. The van der Waals surface area contributed by atoms with Crippen LogP contribution in [0.2, 0.25) is 0 Å². The first-order chi connectivity index (χ1) is 11.0. The molecule has 0 saturated carbocycles. The molecule has 23 heavy (non-hydrogen) atoms. The summed E-state index contributed by atoms with van der Waals surface area (Å²) in [6.07, 6.45) is 2.58. The highest BCUT2D eigenvalue weighted by Gasteiger charge is 2.25. The van der Waals surface area contributed by atoms with Gasteiger partial charge in [0.05, 0.1) is 4.90 Å². The summed E-state index contributed by atoms with van der Waals surface area (Å²) in [5.41, 5.74) is 1.80. The number of benzene rings is 1. The normalized spacial score (nSPS) is 16.8. The first-order valence-electron chi connectivity index (χ1n) is 6.87. The molecular formula is C14H14FN3O3S2. The van der Waals surface area contributed by atoms with Crippen LogP contribution in [0.1, 0.15) is 11.1 Å². The van der Waals surface area contributed by atoms with Gasteiger partial charge in [0.2, 0.25) is 0 Å². The Balaban J connectivity index is 1.78. The van der Waals surface area contributed by atoms with Gasteiger partial charge in [-0.3, -0.25) is 9.52 Å². The van der Waals surface area contributed by atoms with E-state index in [4.69, 9.17) is 0 Å². The summed E-state index contributed by atoms with van der Waals surface area (Å²) >= 11 is 1.20. The minimum atomic E-state index is -3.70. The number of sulfonamides is 1. The molecule has 1 aromatic heterocycles. The molecule has 1 aromatic carbocycles. The van der Waals surface area contributed by atoms with Crippen LogP contribution < -0.4 is 10.0 Å². The van der Waals surface area contributed by atoms with E-state index >= 15 is 0 Å². The molecule has 3 rings (SSSR count). The third kappa shape index (κ3) is 3.50. The molecule has 0 bridgehead atoms. The SMILES string of the molecule is O=C(CF)NC1Cc2ccc(S(=O)(=O)Nc3nccs3)cc2C1. The van der Waals surface area contributed by atoms with Crippen molar-refractivity contribution in [3.63, 3.8) is 0 Å². The number of hydrogen-bond acceptors (Lipinski definition) is 5. The summed E-state index contributed by atoms with van der Waals surface area (Å²) in [6, 6.07) is 4.65. The number of rotatable bonds is 5. The van der Waals surface area contributed by atoms with E-state index in [-0.39, 0.29) is 10.9 Å². The Morgan fingerprint density at radius 1 is 1.35 bits per heavy atom. The molecular weight excluding hydrogens is 341 g/mol. The molecule has 1 amide bonds. The lowest BCUT2D eigenvalue weighted by Crippen LogP contribution is -2.36. The van der Waals surface area contributed by atoms with Gasteiger partial charge in [0.25, 0.3) is 15.9 Å². The van der Waals surface area contributed by atoms with Crippen molar-refractivity contribution in [1.29, 1.82) is 0 Å². The molecule has 9 heteroatoms. The predicted molar refractivity (Wildman–Crippen MR) is 84.7 cm³/mol. The molecule has 0 fully saturated rings. The van der Waals surface area contributed by atoms with Gasteiger partial charge in [0.1, 0.15) is 0 Å². The maximum atomic E-state index is 12.3. The lowest BCUT2D eigenvalue weighted by Gasteiger charge is -2.09. The van der Waals surface area contributed by atoms with Crippen molar-refractivity contribution < 1.29 is 17.6 Å². The predicted octanol–water partition coefficient (Wildman–Crippen LogP) is 1.50. The van der Waals surface area contributed by atoms with Gasteiger partial charge >= 0.3 is 0 Å². The number of nitrogens with one attached hydrogen (secondary N) is 2. The zero-order chi connectivity index (χ0) is 16.4. The zero-order valence-corrected chi connectivity index (χ0v) is 13.6. The number of amides is 1. The van der Waals surface area contributed by atoms with Gasteiger partial charge in [0, 0.05) is 17.6 Å². The summed E-state index contributed by atoms with van der Waals surface area (Å²) < 4.78 is 39.4. The van der Waals surface area contributed by atoms with Crippen LogP contribution in [0.3, 0.4) is 0 Å². The molecule has 6 nitrogen and oxygen atoms in total. The Kier molecular flexibility index (Phi) is 4.31. The van der Waals surface area contributed by atoms with E-state index in [2.05, 4.69) is 15.0 Å². The second kappa shape index (κ2) is 6.25. The van der Waals surface area contributed by atoms with E-state index in [0.717, 1.165) is 11.1 Å². The molecule has 1 atom stereocenters. The number of alkyl halides is 1. The third-order valence-electron chi connectivity index (χ3n) is 3.56. The topological polar surface area (TPSA) is 88.2 Å². The molecule has 0 radical (unpaired) electrons. The van der Waals surface area contributed by atoms with Crippen molar-refractivity contribution in [3.05, 3.63) is 40.9 Å². The molecule has 1 unspecified atom stereocenters. The monoisotopic (exact) mass is 355 g/mol. The average Bonchev–Trinajstić information content (AvgIpc) is 3.14. The Labute approximate surface area is 136 Å². The third-order valence-corrected chi connectivity index (χ3v) is 5.72. The molecule has 2 aromatic rings. The van der Waals surface area contributed by atoms with Crippen molar-refractivity contribution in [1.82, 2.24) is 10.3 Å². The van der Waals surface area contributed by atoms with E-state index in [0.29, 0.717) is 18.0 Å². The summed E-state index contributed by atoms with van der Waals surface area (Å²) in [6.45, 7) is -1.05. The van der Waals surface area contributed by atoms with Crippen LogP contribution in [-0.2, 0) is 27.7 Å². The fourth-order valence-electron chi connectivity index (χ4n) is 2.58. The van der Waals surface area contributed by atoms with E-state index < -0.39 is 22.6 Å². The number of carbonyl (C=O) groups excluding carboxylic acids is 1.